The lowest BCUT2D eigenvalue weighted by Crippen LogP contribution is -2.47. The van der Waals surface area contributed by atoms with Crippen molar-refractivity contribution in [3.05, 3.63) is 64.7 Å². The Labute approximate surface area is 200 Å². The number of fused-ring (bicyclic) bond motifs is 2. The van der Waals surface area contributed by atoms with Crippen LogP contribution in [-0.2, 0) is 11.3 Å². The third-order valence-electron chi connectivity index (χ3n) is 5.89. The molecule has 1 aliphatic heterocycles. The predicted octanol–water partition coefficient (Wildman–Crippen LogP) is 3.29. The summed E-state index contributed by atoms with van der Waals surface area (Å²) in [6, 6.07) is 12.3. The third kappa shape index (κ3) is 4.28. The smallest absolute Gasteiger partial charge is 0.326 e. The standard InChI is InChI=1S/C23H23N9O3/c1-13-9-16(32(34)35-2)7-8-18(13)27-23(33)31-12-15(10-14-5-3-4-6-19(14)31)26-20-17-11-25-30-21(17)29-22(24)28-20/h3-9,11,15H,10,12H2,1-2H3,(H4-,24,25,26,27,28,29,30,33,34)/p+1. The Bertz CT molecular complexity index is 1440. The molecule has 2 amide bonds. The van der Waals surface area contributed by atoms with Gasteiger partial charge in [-0.15, -0.1) is 0 Å². The Morgan fingerprint density at radius 1 is 1.26 bits per heavy atom. The van der Waals surface area contributed by atoms with Gasteiger partial charge in [-0.1, -0.05) is 18.2 Å². The lowest BCUT2D eigenvalue weighted by molar-refractivity contribution is -0.736. The Morgan fingerprint density at radius 3 is 2.89 bits per heavy atom. The summed E-state index contributed by atoms with van der Waals surface area (Å²) in [6.45, 7) is 2.20. The molecule has 0 spiro atoms. The number of carbonyl (C=O) groups is 1. The van der Waals surface area contributed by atoms with Crippen LogP contribution in [0.25, 0.3) is 11.0 Å². The molecule has 0 saturated carbocycles. The summed E-state index contributed by atoms with van der Waals surface area (Å²) in [5.41, 5.74) is 9.92. The van der Waals surface area contributed by atoms with Crippen LogP contribution >= 0.6 is 0 Å². The number of carbonyl (C=O) groups excluding carboxylic acids is 1. The molecule has 1 unspecified atom stereocenters. The van der Waals surface area contributed by atoms with Crippen LogP contribution in [0.3, 0.4) is 0 Å². The van der Waals surface area contributed by atoms with Crippen LogP contribution in [0.5, 0.6) is 0 Å². The molecule has 35 heavy (non-hydrogen) atoms. The second-order valence-electron chi connectivity index (χ2n) is 8.22. The molecule has 0 aliphatic carbocycles. The van der Waals surface area contributed by atoms with Crippen molar-refractivity contribution < 1.29 is 14.6 Å². The number of nitrogens with zero attached hydrogens (tertiary/aromatic N) is 5. The lowest BCUT2D eigenvalue weighted by atomic mass is 9.98. The summed E-state index contributed by atoms with van der Waals surface area (Å²) in [5.74, 6) is 0.678. The fourth-order valence-electron chi connectivity index (χ4n) is 4.23. The summed E-state index contributed by atoms with van der Waals surface area (Å²) in [6.07, 6.45) is 2.32. The van der Waals surface area contributed by atoms with Gasteiger partial charge >= 0.3 is 11.7 Å². The number of nitrogens with two attached hydrogens (primary N) is 1. The second kappa shape index (κ2) is 8.89. The summed E-state index contributed by atoms with van der Waals surface area (Å²) >= 11 is 0. The highest BCUT2D eigenvalue weighted by molar-refractivity contribution is 6.03. The number of H-pyrrole nitrogens is 1. The minimum absolute atomic E-state index is 0.124. The van der Waals surface area contributed by atoms with E-state index in [-0.39, 0.29) is 18.0 Å². The van der Waals surface area contributed by atoms with Crippen molar-refractivity contribution in [3.63, 3.8) is 0 Å². The van der Waals surface area contributed by atoms with E-state index < -0.39 is 0 Å². The molecule has 0 saturated heterocycles. The fourth-order valence-corrected chi connectivity index (χ4v) is 4.23. The number of anilines is 4. The van der Waals surface area contributed by atoms with Gasteiger partial charge in [0.2, 0.25) is 5.95 Å². The summed E-state index contributed by atoms with van der Waals surface area (Å²) in [7, 11) is 1.30. The highest BCUT2D eigenvalue weighted by Crippen LogP contribution is 2.30. The highest BCUT2D eigenvalue weighted by Gasteiger charge is 2.29. The van der Waals surface area contributed by atoms with E-state index in [0.29, 0.717) is 46.1 Å². The van der Waals surface area contributed by atoms with E-state index >= 15 is 0 Å². The van der Waals surface area contributed by atoms with Gasteiger partial charge in [-0.05, 0) is 36.6 Å². The topological polar surface area (TPSA) is 154 Å². The molecule has 2 aromatic carbocycles. The normalized spacial score (nSPS) is 14.9. The van der Waals surface area contributed by atoms with Gasteiger partial charge in [0.25, 0.3) is 4.92 Å². The SMILES string of the molecule is CO[N+](=O)c1ccc(NC(=O)N2CC(Nc3nc(N)nc4[nH]ncc34)Cc3ccccc32)c(C)c1. The van der Waals surface area contributed by atoms with Gasteiger partial charge in [-0.3, -0.25) is 10.00 Å². The molecule has 12 nitrogen and oxygen atoms in total. The number of aryl methyl sites for hydroxylation is 1. The number of para-hydroxylation sites is 1. The van der Waals surface area contributed by atoms with Crippen molar-refractivity contribution in [2.75, 3.05) is 34.9 Å². The number of aromatic amines is 1. The Hall–Kier alpha value is -4.74. The van der Waals surface area contributed by atoms with Crippen LogP contribution in [0.2, 0.25) is 0 Å². The van der Waals surface area contributed by atoms with Gasteiger partial charge < -0.3 is 16.4 Å². The Morgan fingerprint density at radius 2 is 2.09 bits per heavy atom. The van der Waals surface area contributed by atoms with Crippen molar-refractivity contribution in [3.8, 4) is 0 Å². The number of amides is 2. The first-order valence-electron chi connectivity index (χ1n) is 10.9. The van der Waals surface area contributed by atoms with Crippen LogP contribution in [0.15, 0.2) is 48.7 Å². The zero-order valence-corrected chi connectivity index (χ0v) is 19.1. The van der Waals surface area contributed by atoms with Crippen molar-refractivity contribution >= 4 is 45.9 Å². The van der Waals surface area contributed by atoms with Gasteiger partial charge in [0.1, 0.15) is 5.82 Å². The first-order chi connectivity index (χ1) is 16.9. The number of benzene rings is 2. The molecule has 1 aliphatic rings. The Balaban J connectivity index is 1.40. The molecule has 0 fully saturated rings. The van der Waals surface area contributed by atoms with Crippen LogP contribution in [0.4, 0.5) is 33.6 Å². The van der Waals surface area contributed by atoms with E-state index in [2.05, 4.69) is 35.6 Å². The molecule has 0 radical (unpaired) electrons. The molecule has 5 rings (SSSR count). The molecule has 0 bridgehead atoms. The minimum Gasteiger partial charge on any atom is -0.368 e. The molecule has 3 heterocycles. The first kappa shape index (κ1) is 22.1. The molecule has 4 aromatic rings. The number of rotatable bonds is 5. The largest absolute Gasteiger partial charge is 0.368 e. The van der Waals surface area contributed by atoms with Crippen LogP contribution in [0.1, 0.15) is 11.1 Å². The molecular weight excluding hydrogens is 450 g/mol. The first-order valence-corrected chi connectivity index (χ1v) is 10.9. The van der Waals surface area contributed by atoms with E-state index in [1.165, 1.54) is 7.11 Å². The van der Waals surface area contributed by atoms with Crippen LogP contribution < -0.4 is 21.3 Å². The molecule has 178 valence electrons. The van der Waals surface area contributed by atoms with Gasteiger partial charge in [0.15, 0.2) is 12.8 Å². The minimum atomic E-state index is -0.291. The number of hydrogen-bond acceptors (Lipinski definition) is 8. The van der Waals surface area contributed by atoms with Crippen molar-refractivity contribution in [2.45, 2.75) is 19.4 Å². The van der Waals surface area contributed by atoms with Gasteiger partial charge in [-0.2, -0.15) is 15.1 Å². The predicted molar refractivity (Wildman–Crippen MR) is 131 cm³/mol. The molecule has 1 atom stereocenters. The van der Waals surface area contributed by atoms with E-state index in [1.54, 1.807) is 29.3 Å². The quantitative estimate of drug-likeness (QED) is 0.321. The summed E-state index contributed by atoms with van der Waals surface area (Å²) in [5, 5.41) is 13.9. The number of hydrogen-bond donors (Lipinski definition) is 4. The second-order valence-corrected chi connectivity index (χ2v) is 8.22. The van der Waals surface area contributed by atoms with Crippen molar-refractivity contribution in [1.82, 2.24) is 20.2 Å². The Kier molecular flexibility index (Phi) is 5.61. The number of nitrogen functional groups attached to an aromatic ring is 1. The maximum absolute atomic E-state index is 13.4. The molecular formula is C23H24N9O3+. The molecule has 12 heteroatoms. The number of nitrogens with one attached hydrogen (secondary N) is 3. The zero-order chi connectivity index (χ0) is 24.5. The lowest BCUT2D eigenvalue weighted by Gasteiger charge is -2.35. The van der Waals surface area contributed by atoms with Gasteiger partial charge in [-0.25, -0.2) is 9.63 Å². The van der Waals surface area contributed by atoms with Crippen molar-refractivity contribution in [1.29, 1.82) is 0 Å². The third-order valence-corrected chi connectivity index (χ3v) is 5.89. The molecule has 2 aromatic heterocycles. The van der Waals surface area contributed by atoms with Crippen molar-refractivity contribution in [2.24, 2.45) is 0 Å². The molecule has 5 N–H and O–H groups in total. The average Bonchev–Trinajstić information content (AvgIpc) is 3.33. The van der Waals surface area contributed by atoms with Gasteiger partial charge in [0, 0.05) is 36.1 Å². The summed E-state index contributed by atoms with van der Waals surface area (Å²) in [4.78, 5) is 40.4. The van der Waals surface area contributed by atoms with E-state index in [0.717, 1.165) is 16.8 Å². The van der Waals surface area contributed by atoms with Crippen LogP contribution in [0, 0.1) is 11.8 Å². The van der Waals surface area contributed by atoms with Gasteiger partial charge in [0.05, 0.1) is 16.5 Å². The van der Waals surface area contributed by atoms with E-state index in [1.807, 2.05) is 31.2 Å². The average molecular weight is 475 g/mol. The zero-order valence-electron chi connectivity index (χ0n) is 19.1. The van der Waals surface area contributed by atoms with E-state index in [9.17, 15) is 9.70 Å². The summed E-state index contributed by atoms with van der Waals surface area (Å²) < 4.78 is 0. The van der Waals surface area contributed by atoms with Crippen LogP contribution in [-0.4, -0.2) is 50.8 Å². The maximum atomic E-state index is 13.4. The fraction of sp³-hybridized carbons (Fsp3) is 0.217. The highest BCUT2D eigenvalue weighted by atomic mass is 16.8. The maximum Gasteiger partial charge on any atom is 0.326 e. The number of urea groups is 1. The van der Waals surface area contributed by atoms with E-state index in [4.69, 9.17) is 5.73 Å². The number of aromatic nitrogens is 4. The monoisotopic (exact) mass is 474 g/mol.